The van der Waals surface area contributed by atoms with E-state index in [4.69, 9.17) is 0 Å². The number of hydrogen-bond donors (Lipinski definition) is 1. The fraction of sp³-hybridized carbons (Fsp3) is 0.391. The van der Waals surface area contributed by atoms with Gasteiger partial charge in [0.1, 0.15) is 0 Å². The van der Waals surface area contributed by atoms with Gasteiger partial charge in [-0.2, -0.15) is 4.31 Å². The van der Waals surface area contributed by atoms with Gasteiger partial charge in [0.2, 0.25) is 21.8 Å². The van der Waals surface area contributed by atoms with Crippen molar-refractivity contribution in [2.75, 3.05) is 32.0 Å². The third-order valence-corrected chi connectivity index (χ3v) is 7.63. The zero-order valence-corrected chi connectivity index (χ0v) is 19.0. The number of amides is 2. The SMILES string of the molecule is Cc1ccc(S(=O)(=O)N2CCC(C(=O)N(C)CC(=O)Nc3ccccc3)CC2)cc1C. The number of hydrogen-bond acceptors (Lipinski definition) is 4. The molecule has 2 aromatic rings. The minimum atomic E-state index is -3.58. The molecule has 0 atom stereocenters. The number of carbonyl (C=O) groups is 2. The Hall–Kier alpha value is -2.71. The van der Waals surface area contributed by atoms with Gasteiger partial charge in [-0.3, -0.25) is 9.59 Å². The van der Waals surface area contributed by atoms with Crippen LogP contribution in [0.15, 0.2) is 53.4 Å². The van der Waals surface area contributed by atoms with Gasteiger partial charge in [0, 0.05) is 31.7 Å². The molecule has 1 aliphatic heterocycles. The van der Waals surface area contributed by atoms with Crippen LogP contribution in [0.2, 0.25) is 0 Å². The Labute approximate surface area is 184 Å². The molecule has 31 heavy (non-hydrogen) atoms. The molecular weight excluding hydrogens is 414 g/mol. The molecule has 3 rings (SSSR count). The minimum absolute atomic E-state index is 0.0467. The highest BCUT2D eigenvalue weighted by molar-refractivity contribution is 7.89. The zero-order valence-electron chi connectivity index (χ0n) is 18.2. The third-order valence-electron chi connectivity index (χ3n) is 5.73. The van der Waals surface area contributed by atoms with Gasteiger partial charge in [-0.05, 0) is 62.1 Å². The second-order valence-corrected chi connectivity index (χ2v) is 9.97. The molecule has 1 fully saturated rings. The van der Waals surface area contributed by atoms with Gasteiger partial charge in [-0.1, -0.05) is 24.3 Å². The number of likely N-dealkylation sites (N-methyl/N-ethyl adjacent to an activating group) is 1. The number of carbonyl (C=O) groups excluding carboxylic acids is 2. The third kappa shape index (κ3) is 5.51. The van der Waals surface area contributed by atoms with E-state index in [0.29, 0.717) is 18.5 Å². The Morgan fingerprint density at radius 3 is 2.29 bits per heavy atom. The molecule has 2 aromatic carbocycles. The van der Waals surface area contributed by atoms with Gasteiger partial charge < -0.3 is 10.2 Å². The number of benzene rings is 2. The van der Waals surface area contributed by atoms with Crippen LogP contribution in [0.5, 0.6) is 0 Å². The van der Waals surface area contributed by atoms with Gasteiger partial charge >= 0.3 is 0 Å². The lowest BCUT2D eigenvalue weighted by molar-refractivity contribution is -0.138. The summed E-state index contributed by atoms with van der Waals surface area (Å²) < 4.78 is 27.4. The van der Waals surface area contributed by atoms with E-state index < -0.39 is 10.0 Å². The summed E-state index contributed by atoms with van der Waals surface area (Å²) in [6.45, 7) is 4.36. The summed E-state index contributed by atoms with van der Waals surface area (Å²) in [5, 5.41) is 2.76. The van der Waals surface area contributed by atoms with Crippen molar-refractivity contribution in [2.24, 2.45) is 5.92 Å². The van der Waals surface area contributed by atoms with Crippen molar-refractivity contribution in [1.82, 2.24) is 9.21 Å². The van der Waals surface area contributed by atoms with Crippen LogP contribution in [-0.4, -0.2) is 56.1 Å². The predicted molar refractivity (Wildman–Crippen MR) is 120 cm³/mol. The minimum Gasteiger partial charge on any atom is -0.336 e. The molecule has 7 nitrogen and oxygen atoms in total. The highest BCUT2D eigenvalue weighted by Gasteiger charge is 2.33. The number of nitrogens with zero attached hydrogens (tertiary/aromatic N) is 2. The maximum Gasteiger partial charge on any atom is 0.243 e. The van der Waals surface area contributed by atoms with Crippen molar-refractivity contribution in [3.05, 3.63) is 59.7 Å². The van der Waals surface area contributed by atoms with Crippen molar-refractivity contribution in [2.45, 2.75) is 31.6 Å². The van der Waals surface area contributed by atoms with E-state index in [2.05, 4.69) is 5.32 Å². The van der Waals surface area contributed by atoms with Gasteiger partial charge in [-0.15, -0.1) is 0 Å². The van der Waals surface area contributed by atoms with Crippen LogP contribution in [0.1, 0.15) is 24.0 Å². The average molecular weight is 444 g/mol. The molecule has 1 heterocycles. The number of para-hydroxylation sites is 1. The van der Waals surface area contributed by atoms with E-state index >= 15 is 0 Å². The number of anilines is 1. The summed E-state index contributed by atoms with van der Waals surface area (Å²) in [4.78, 5) is 26.7. The molecule has 2 amide bonds. The van der Waals surface area contributed by atoms with E-state index in [0.717, 1.165) is 11.1 Å². The molecule has 0 unspecified atom stereocenters. The van der Waals surface area contributed by atoms with Crippen molar-refractivity contribution < 1.29 is 18.0 Å². The van der Waals surface area contributed by atoms with Crippen LogP contribution in [0.25, 0.3) is 0 Å². The fourth-order valence-corrected chi connectivity index (χ4v) is 5.25. The first-order valence-corrected chi connectivity index (χ1v) is 11.8. The van der Waals surface area contributed by atoms with Gasteiger partial charge in [0.05, 0.1) is 11.4 Å². The number of piperidine rings is 1. The first kappa shape index (κ1) is 23.0. The Morgan fingerprint density at radius 1 is 1.03 bits per heavy atom. The standard InChI is InChI=1S/C23H29N3O4S/c1-17-9-10-21(15-18(17)2)31(29,30)26-13-11-19(12-14-26)23(28)25(3)16-22(27)24-20-7-5-4-6-8-20/h4-10,15,19H,11-14,16H2,1-3H3,(H,24,27). The lowest BCUT2D eigenvalue weighted by Crippen LogP contribution is -2.45. The normalized spacial score (nSPS) is 15.5. The number of sulfonamides is 1. The molecule has 166 valence electrons. The summed E-state index contributed by atoms with van der Waals surface area (Å²) in [6.07, 6.45) is 0.876. The second-order valence-electron chi connectivity index (χ2n) is 8.03. The summed E-state index contributed by atoms with van der Waals surface area (Å²) in [7, 11) is -1.98. The first-order valence-electron chi connectivity index (χ1n) is 10.4. The Kier molecular flexibility index (Phi) is 7.12. The summed E-state index contributed by atoms with van der Waals surface area (Å²) >= 11 is 0. The molecule has 1 aliphatic rings. The molecule has 0 aromatic heterocycles. The van der Waals surface area contributed by atoms with Crippen LogP contribution in [0.4, 0.5) is 5.69 Å². The van der Waals surface area contributed by atoms with Crippen LogP contribution >= 0.6 is 0 Å². The van der Waals surface area contributed by atoms with Crippen molar-refractivity contribution in [3.63, 3.8) is 0 Å². The first-order chi connectivity index (χ1) is 14.7. The van der Waals surface area contributed by atoms with Crippen LogP contribution < -0.4 is 5.32 Å². The van der Waals surface area contributed by atoms with Gasteiger partial charge in [0.25, 0.3) is 0 Å². The molecule has 0 bridgehead atoms. The average Bonchev–Trinajstić information content (AvgIpc) is 2.75. The summed E-state index contributed by atoms with van der Waals surface area (Å²) in [6, 6.07) is 14.2. The van der Waals surface area contributed by atoms with E-state index in [1.165, 1.54) is 9.21 Å². The fourth-order valence-electron chi connectivity index (χ4n) is 3.69. The highest BCUT2D eigenvalue weighted by atomic mass is 32.2. The lowest BCUT2D eigenvalue weighted by Gasteiger charge is -2.32. The molecule has 0 radical (unpaired) electrons. The van der Waals surface area contributed by atoms with Crippen LogP contribution in [-0.2, 0) is 19.6 Å². The van der Waals surface area contributed by atoms with Gasteiger partial charge in [-0.25, -0.2) is 8.42 Å². The quantitative estimate of drug-likeness (QED) is 0.744. The topological polar surface area (TPSA) is 86.8 Å². The van der Waals surface area contributed by atoms with E-state index in [1.807, 2.05) is 38.1 Å². The molecular formula is C23H29N3O4S. The maximum absolute atomic E-state index is 13.0. The molecule has 1 saturated heterocycles. The molecule has 8 heteroatoms. The largest absolute Gasteiger partial charge is 0.336 e. The molecule has 0 saturated carbocycles. The number of rotatable bonds is 6. The zero-order chi connectivity index (χ0) is 22.6. The smallest absolute Gasteiger partial charge is 0.243 e. The van der Waals surface area contributed by atoms with Gasteiger partial charge in [0.15, 0.2) is 0 Å². The van der Waals surface area contributed by atoms with Crippen molar-refractivity contribution >= 4 is 27.5 Å². The Balaban J connectivity index is 1.55. The highest BCUT2D eigenvalue weighted by Crippen LogP contribution is 2.26. The monoisotopic (exact) mass is 443 g/mol. The maximum atomic E-state index is 13.0. The second kappa shape index (κ2) is 9.62. The van der Waals surface area contributed by atoms with E-state index in [1.54, 1.807) is 31.3 Å². The summed E-state index contributed by atoms with van der Waals surface area (Å²) in [5.74, 6) is -0.691. The van der Waals surface area contributed by atoms with E-state index in [-0.39, 0.29) is 42.3 Å². The van der Waals surface area contributed by atoms with Crippen molar-refractivity contribution in [1.29, 1.82) is 0 Å². The number of nitrogens with one attached hydrogen (secondary N) is 1. The van der Waals surface area contributed by atoms with Crippen molar-refractivity contribution in [3.8, 4) is 0 Å². The molecule has 0 spiro atoms. The van der Waals surface area contributed by atoms with Crippen LogP contribution in [0, 0.1) is 19.8 Å². The molecule has 1 N–H and O–H groups in total. The van der Waals surface area contributed by atoms with Crippen LogP contribution in [0.3, 0.4) is 0 Å². The lowest BCUT2D eigenvalue weighted by atomic mass is 9.96. The Bertz CT molecular complexity index is 1050. The predicted octanol–water partition coefficient (Wildman–Crippen LogP) is 2.80. The number of aryl methyl sites for hydroxylation is 2. The molecule has 0 aliphatic carbocycles. The summed E-state index contributed by atoms with van der Waals surface area (Å²) in [5.41, 5.74) is 2.65. The van der Waals surface area contributed by atoms with E-state index in [9.17, 15) is 18.0 Å². The Morgan fingerprint density at radius 2 is 1.68 bits per heavy atom.